The molecule has 1 heterocycles. The van der Waals surface area contributed by atoms with Gasteiger partial charge in [-0.1, -0.05) is 31.4 Å². The molecule has 0 radical (unpaired) electrons. The number of hydrogen-bond donors (Lipinski definition) is 2. The number of rotatable bonds is 3. The standard InChI is InChI=1S/C17H24N2O.ClH/c20-17(19-16-10-11-18-12-16)15-8-6-14(7-9-15)13-4-2-1-3-5-13;/h6-9,13,16,18H,1-5,10-12H2,(H,19,20);1H. The van der Waals surface area contributed by atoms with Crippen molar-refractivity contribution in [3.63, 3.8) is 0 Å². The lowest BCUT2D eigenvalue weighted by atomic mass is 9.84. The third-order valence-corrected chi connectivity index (χ3v) is 4.64. The van der Waals surface area contributed by atoms with Gasteiger partial charge in [0.25, 0.3) is 5.91 Å². The van der Waals surface area contributed by atoms with E-state index in [-0.39, 0.29) is 18.3 Å². The zero-order valence-corrected chi connectivity index (χ0v) is 13.3. The van der Waals surface area contributed by atoms with Crippen molar-refractivity contribution in [3.8, 4) is 0 Å². The summed E-state index contributed by atoms with van der Waals surface area (Å²) in [5.74, 6) is 0.772. The van der Waals surface area contributed by atoms with Crippen molar-refractivity contribution in [1.82, 2.24) is 10.6 Å². The quantitative estimate of drug-likeness (QED) is 0.900. The van der Waals surface area contributed by atoms with Gasteiger partial charge < -0.3 is 10.6 Å². The van der Waals surface area contributed by atoms with Gasteiger partial charge in [-0.3, -0.25) is 4.79 Å². The number of amides is 1. The highest BCUT2D eigenvalue weighted by Gasteiger charge is 2.18. The fourth-order valence-corrected chi connectivity index (χ4v) is 3.39. The van der Waals surface area contributed by atoms with Crippen molar-refractivity contribution < 1.29 is 4.79 Å². The first-order valence-corrected chi connectivity index (χ1v) is 7.94. The van der Waals surface area contributed by atoms with Crippen LogP contribution in [0.2, 0.25) is 0 Å². The first-order chi connectivity index (χ1) is 9.83. The Hall–Kier alpha value is -1.06. The second-order valence-electron chi connectivity index (χ2n) is 6.12. The predicted octanol–water partition coefficient (Wildman–Crippen LogP) is 3.25. The monoisotopic (exact) mass is 308 g/mol. The van der Waals surface area contributed by atoms with Crippen molar-refractivity contribution in [2.24, 2.45) is 0 Å². The molecule has 3 nitrogen and oxygen atoms in total. The van der Waals surface area contributed by atoms with Crippen LogP contribution in [0.15, 0.2) is 24.3 Å². The van der Waals surface area contributed by atoms with Gasteiger partial charge in [0.2, 0.25) is 0 Å². The third-order valence-electron chi connectivity index (χ3n) is 4.64. The summed E-state index contributed by atoms with van der Waals surface area (Å²) in [5.41, 5.74) is 2.19. The number of nitrogens with one attached hydrogen (secondary N) is 2. The molecule has 1 unspecified atom stereocenters. The van der Waals surface area contributed by atoms with E-state index < -0.39 is 0 Å². The van der Waals surface area contributed by atoms with Gasteiger partial charge in [-0.25, -0.2) is 0 Å². The fourth-order valence-electron chi connectivity index (χ4n) is 3.39. The predicted molar refractivity (Wildman–Crippen MR) is 88.3 cm³/mol. The van der Waals surface area contributed by atoms with E-state index >= 15 is 0 Å². The van der Waals surface area contributed by atoms with Crippen LogP contribution in [0.3, 0.4) is 0 Å². The summed E-state index contributed by atoms with van der Waals surface area (Å²) < 4.78 is 0. The van der Waals surface area contributed by atoms with Crippen LogP contribution in [-0.4, -0.2) is 25.0 Å². The third kappa shape index (κ3) is 4.21. The summed E-state index contributed by atoms with van der Waals surface area (Å²) in [7, 11) is 0. The smallest absolute Gasteiger partial charge is 0.251 e. The van der Waals surface area contributed by atoms with E-state index in [4.69, 9.17) is 0 Å². The largest absolute Gasteiger partial charge is 0.348 e. The lowest BCUT2D eigenvalue weighted by Gasteiger charge is -2.22. The molecular weight excluding hydrogens is 284 g/mol. The number of benzene rings is 1. The molecule has 1 aromatic carbocycles. The second-order valence-corrected chi connectivity index (χ2v) is 6.12. The lowest BCUT2D eigenvalue weighted by molar-refractivity contribution is 0.0940. The molecular formula is C17H25ClN2O. The number of carbonyl (C=O) groups excluding carboxylic acids is 1. The maximum absolute atomic E-state index is 12.1. The van der Waals surface area contributed by atoms with E-state index in [9.17, 15) is 4.79 Å². The van der Waals surface area contributed by atoms with Gasteiger partial charge in [0.1, 0.15) is 0 Å². The molecule has 1 aliphatic carbocycles. The second kappa shape index (κ2) is 7.81. The van der Waals surface area contributed by atoms with Crippen molar-refractivity contribution in [1.29, 1.82) is 0 Å². The average molecular weight is 309 g/mol. The van der Waals surface area contributed by atoms with Crippen LogP contribution in [0.1, 0.15) is 60.4 Å². The molecule has 0 aromatic heterocycles. The van der Waals surface area contributed by atoms with E-state index in [2.05, 4.69) is 22.8 Å². The molecule has 1 saturated carbocycles. The topological polar surface area (TPSA) is 41.1 Å². The molecule has 1 amide bonds. The number of carbonyl (C=O) groups is 1. The fraction of sp³-hybridized carbons (Fsp3) is 0.588. The minimum atomic E-state index is 0. The summed E-state index contributed by atoms with van der Waals surface area (Å²) >= 11 is 0. The Labute approximate surface area is 133 Å². The summed E-state index contributed by atoms with van der Waals surface area (Å²) in [5, 5.41) is 6.36. The molecule has 1 saturated heterocycles. The Morgan fingerprint density at radius 3 is 2.38 bits per heavy atom. The van der Waals surface area contributed by atoms with Gasteiger partial charge in [0, 0.05) is 18.2 Å². The Morgan fingerprint density at radius 2 is 1.76 bits per heavy atom. The van der Waals surface area contributed by atoms with Crippen LogP contribution in [0, 0.1) is 0 Å². The Morgan fingerprint density at radius 1 is 1.05 bits per heavy atom. The molecule has 1 aliphatic heterocycles. The SMILES string of the molecule is Cl.O=C(NC1CCNC1)c1ccc(C2CCCCC2)cc1. The summed E-state index contributed by atoms with van der Waals surface area (Å²) in [4.78, 5) is 12.1. The minimum absolute atomic E-state index is 0. The zero-order valence-electron chi connectivity index (χ0n) is 12.4. The lowest BCUT2D eigenvalue weighted by Crippen LogP contribution is -2.36. The molecule has 2 aliphatic rings. The van der Waals surface area contributed by atoms with Gasteiger partial charge in [0.05, 0.1) is 0 Å². The van der Waals surface area contributed by atoms with Crippen LogP contribution >= 0.6 is 12.4 Å². The van der Waals surface area contributed by atoms with Crippen LogP contribution < -0.4 is 10.6 Å². The molecule has 2 N–H and O–H groups in total. The molecule has 116 valence electrons. The summed E-state index contributed by atoms with van der Waals surface area (Å²) in [6.45, 7) is 1.90. The van der Waals surface area contributed by atoms with Crippen LogP contribution in [0.25, 0.3) is 0 Å². The average Bonchev–Trinajstić information content (AvgIpc) is 3.01. The van der Waals surface area contributed by atoms with E-state index in [0.717, 1.165) is 25.1 Å². The van der Waals surface area contributed by atoms with Gasteiger partial charge in [0.15, 0.2) is 0 Å². The Balaban J connectivity index is 0.00000161. The molecule has 0 bridgehead atoms. The van der Waals surface area contributed by atoms with Gasteiger partial charge in [-0.15, -0.1) is 12.4 Å². The summed E-state index contributed by atoms with van der Waals surface area (Å²) in [6, 6.07) is 8.57. The maximum Gasteiger partial charge on any atom is 0.251 e. The normalized spacial score (nSPS) is 22.6. The zero-order chi connectivity index (χ0) is 13.8. The van der Waals surface area contributed by atoms with E-state index in [0.29, 0.717) is 12.0 Å². The molecule has 1 aromatic rings. The molecule has 0 spiro atoms. The number of halogens is 1. The molecule has 2 fully saturated rings. The highest BCUT2D eigenvalue weighted by molar-refractivity contribution is 5.94. The number of hydrogen-bond acceptors (Lipinski definition) is 2. The highest BCUT2D eigenvalue weighted by atomic mass is 35.5. The maximum atomic E-state index is 12.1. The van der Waals surface area contributed by atoms with Crippen LogP contribution in [0.5, 0.6) is 0 Å². The minimum Gasteiger partial charge on any atom is -0.348 e. The van der Waals surface area contributed by atoms with Gasteiger partial charge >= 0.3 is 0 Å². The van der Waals surface area contributed by atoms with Crippen LogP contribution in [0.4, 0.5) is 0 Å². The molecule has 3 rings (SSSR count). The molecule has 1 atom stereocenters. The van der Waals surface area contributed by atoms with Crippen molar-refractivity contribution in [3.05, 3.63) is 35.4 Å². The summed E-state index contributed by atoms with van der Waals surface area (Å²) in [6.07, 6.45) is 7.72. The van der Waals surface area contributed by atoms with E-state index in [1.165, 1.54) is 37.7 Å². The first kappa shape index (κ1) is 16.3. The van der Waals surface area contributed by atoms with Crippen molar-refractivity contribution in [2.45, 2.75) is 50.5 Å². The van der Waals surface area contributed by atoms with Crippen molar-refractivity contribution >= 4 is 18.3 Å². The molecule has 4 heteroatoms. The van der Waals surface area contributed by atoms with E-state index in [1.807, 2.05) is 12.1 Å². The van der Waals surface area contributed by atoms with Crippen molar-refractivity contribution in [2.75, 3.05) is 13.1 Å². The molecule has 21 heavy (non-hydrogen) atoms. The van der Waals surface area contributed by atoms with Gasteiger partial charge in [-0.2, -0.15) is 0 Å². The Kier molecular flexibility index (Phi) is 6.07. The van der Waals surface area contributed by atoms with Gasteiger partial charge in [-0.05, 0) is 49.4 Å². The highest BCUT2D eigenvalue weighted by Crippen LogP contribution is 2.32. The van der Waals surface area contributed by atoms with E-state index in [1.54, 1.807) is 0 Å². The Bertz CT molecular complexity index is 448. The van der Waals surface area contributed by atoms with Crippen LogP contribution in [-0.2, 0) is 0 Å². The first-order valence-electron chi connectivity index (χ1n) is 7.94.